The van der Waals surface area contributed by atoms with E-state index in [4.69, 9.17) is 15.3 Å². The molecule has 0 amide bonds. The molecule has 0 unspecified atom stereocenters. The third-order valence-electron chi connectivity index (χ3n) is 7.73. The monoisotopic (exact) mass is 543 g/mol. The summed E-state index contributed by atoms with van der Waals surface area (Å²) in [6.45, 7) is 11.0. The lowest BCUT2D eigenvalue weighted by molar-refractivity contribution is -0.742. The Hall–Kier alpha value is -0.840. The molecule has 0 radical (unpaired) electrons. The van der Waals surface area contributed by atoms with E-state index in [1.165, 1.54) is 193 Å². The molecule has 0 rings (SSSR count). The van der Waals surface area contributed by atoms with Gasteiger partial charge in [-0.3, -0.25) is 0 Å². The zero-order valence-electron chi connectivity index (χ0n) is 26.4. The molecule has 0 saturated heterocycles. The molecule has 0 bridgehead atoms. The molecule has 5 nitrogen and oxygen atoms in total. The van der Waals surface area contributed by atoms with Crippen molar-refractivity contribution >= 4 is 0 Å². The molecule has 0 aromatic rings. The maximum absolute atomic E-state index is 8.36. The normalized spacial score (nSPS) is 11.1. The van der Waals surface area contributed by atoms with Crippen LogP contribution in [0.15, 0.2) is 0 Å². The van der Waals surface area contributed by atoms with E-state index in [2.05, 4.69) is 25.7 Å². The summed E-state index contributed by atoms with van der Waals surface area (Å²) in [4.78, 5) is 11.2. The zero-order chi connectivity index (χ0) is 28.4. The number of hydrogen-bond acceptors (Lipinski definition) is 3. The van der Waals surface area contributed by atoms with E-state index in [9.17, 15) is 0 Å². The first-order valence-corrected chi connectivity index (χ1v) is 17.1. The van der Waals surface area contributed by atoms with Crippen molar-refractivity contribution in [1.82, 2.24) is 4.90 Å². The molecule has 5 heteroatoms. The van der Waals surface area contributed by atoms with Gasteiger partial charge in [-0.05, 0) is 38.9 Å². The maximum atomic E-state index is 8.36. The summed E-state index contributed by atoms with van der Waals surface area (Å²) in [5.41, 5.74) is 0. The van der Waals surface area contributed by atoms with Crippen LogP contribution in [0, 0.1) is 10.1 Å². The maximum Gasteiger partial charge on any atom is 0.291 e. The van der Waals surface area contributed by atoms with E-state index < -0.39 is 5.09 Å². The van der Waals surface area contributed by atoms with Gasteiger partial charge in [-0.15, -0.1) is 10.1 Å². The van der Waals surface area contributed by atoms with Gasteiger partial charge < -0.3 is 10.1 Å². The molecular weight excluding hydrogens is 472 g/mol. The Balaban J connectivity index is 0. The van der Waals surface area contributed by atoms with Crippen molar-refractivity contribution in [1.29, 1.82) is 0 Å². The van der Waals surface area contributed by atoms with Crippen molar-refractivity contribution < 1.29 is 10.3 Å². The van der Waals surface area contributed by atoms with Crippen LogP contribution >= 0.6 is 0 Å². The van der Waals surface area contributed by atoms with Crippen molar-refractivity contribution in [2.24, 2.45) is 0 Å². The summed E-state index contributed by atoms with van der Waals surface area (Å²) in [6, 6.07) is 0. The molecule has 1 N–H and O–H groups in total. The average Bonchev–Trinajstić information content (AvgIpc) is 2.89. The minimum Gasteiger partial charge on any atom is -0.328 e. The second-order valence-electron chi connectivity index (χ2n) is 11.6. The molecule has 0 aliphatic rings. The molecule has 0 aliphatic carbocycles. The van der Waals surface area contributed by atoms with E-state index in [0.717, 1.165) is 0 Å². The third kappa shape index (κ3) is 39.7. The fourth-order valence-electron chi connectivity index (χ4n) is 5.27. The van der Waals surface area contributed by atoms with E-state index in [-0.39, 0.29) is 0 Å². The Morgan fingerprint density at radius 3 is 0.763 bits per heavy atom. The predicted octanol–water partition coefficient (Wildman–Crippen LogP) is 11.5. The lowest BCUT2D eigenvalue weighted by Gasteiger charge is -2.22. The van der Waals surface area contributed by atoms with Crippen LogP contribution in [0.25, 0.3) is 0 Å². The largest absolute Gasteiger partial charge is 0.328 e. The highest BCUT2D eigenvalue weighted by Gasteiger charge is 2.05. The van der Waals surface area contributed by atoms with Crippen LogP contribution in [0.3, 0.4) is 0 Å². The quantitative estimate of drug-likeness (QED) is 0.0556. The second kappa shape index (κ2) is 36.2. The van der Waals surface area contributed by atoms with Gasteiger partial charge in [0.25, 0.3) is 5.09 Å². The molecule has 0 aromatic heterocycles. The number of rotatable bonds is 30. The number of hydrogen-bond donors (Lipinski definition) is 1. The van der Waals surface area contributed by atoms with Crippen LogP contribution in [0.1, 0.15) is 194 Å². The zero-order valence-corrected chi connectivity index (χ0v) is 26.4. The standard InChI is InChI=1S/C33H69N.HNO3/c1-4-7-10-13-16-18-20-23-26-29-32-34(31-28-25-22-15-12-9-6-3)33-30-27-24-21-19-17-14-11-8-5-2;2-1(3)4/h4-33H2,1-3H3;(H,2,3,4). The lowest BCUT2D eigenvalue weighted by atomic mass is 10.1. The van der Waals surface area contributed by atoms with Crippen LogP contribution in [-0.2, 0) is 0 Å². The minimum absolute atomic E-state index is 1.36. The molecule has 0 heterocycles. The van der Waals surface area contributed by atoms with Crippen LogP contribution in [0.2, 0.25) is 0 Å². The highest BCUT2D eigenvalue weighted by Crippen LogP contribution is 2.14. The Labute approximate surface area is 239 Å². The molecule has 0 fully saturated rings. The van der Waals surface area contributed by atoms with Crippen LogP contribution in [-0.4, -0.2) is 34.8 Å². The van der Waals surface area contributed by atoms with Crippen LogP contribution in [0.5, 0.6) is 0 Å². The van der Waals surface area contributed by atoms with Gasteiger partial charge in [0.05, 0.1) is 0 Å². The molecule has 38 heavy (non-hydrogen) atoms. The molecule has 0 saturated carbocycles. The van der Waals surface area contributed by atoms with E-state index in [1.54, 1.807) is 0 Å². The summed E-state index contributed by atoms with van der Waals surface area (Å²) >= 11 is 0. The van der Waals surface area contributed by atoms with Crippen molar-refractivity contribution in [2.75, 3.05) is 19.6 Å². The third-order valence-corrected chi connectivity index (χ3v) is 7.73. The van der Waals surface area contributed by atoms with Crippen molar-refractivity contribution in [3.8, 4) is 0 Å². The molecule has 0 spiro atoms. The van der Waals surface area contributed by atoms with Crippen molar-refractivity contribution in [2.45, 2.75) is 194 Å². The Morgan fingerprint density at radius 2 is 0.579 bits per heavy atom. The summed E-state index contributed by atoms with van der Waals surface area (Å²) < 4.78 is 0. The average molecular weight is 543 g/mol. The summed E-state index contributed by atoms with van der Waals surface area (Å²) in [5.74, 6) is 0. The second-order valence-corrected chi connectivity index (χ2v) is 11.6. The minimum atomic E-state index is -1.50. The van der Waals surface area contributed by atoms with Gasteiger partial charge >= 0.3 is 0 Å². The van der Waals surface area contributed by atoms with Gasteiger partial charge in [-0.2, -0.15) is 0 Å². The van der Waals surface area contributed by atoms with Crippen molar-refractivity contribution in [3.63, 3.8) is 0 Å². The highest BCUT2D eigenvalue weighted by molar-refractivity contribution is 4.61. The van der Waals surface area contributed by atoms with Gasteiger partial charge in [0, 0.05) is 0 Å². The molecular formula is C33H70N2O3. The fourth-order valence-corrected chi connectivity index (χ4v) is 5.27. The van der Waals surface area contributed by atoms with E-state index in [0.29, 0.717) is 0 Å². The van der Waals surface area contributed by atoms with Gasteiger partial charge in [0.1, 0.15) is 0 Å². The van der Waals surface area contributed by atoms with Crippen molar-refractivity contribution in [3.05, 3.63) is 10.1 Å². The predicted molar refractivity (Wildman–Crippen MR) is 167 cm³/mol. The summed E-state index contributed by atoms with van der Waals surface area (Å²) in [5, 5.41) is 13.6. The number of unbranched alkanes of at least 4 members (excludes halogenated alkanes) is 24. The SMILES string of the molecule is CCCCCCCCCCCCN(CCCCCCCCC)CCCCCCCCCCCC.O=[N+]([O-])O. The van der Waals surface area contributed by atoms with Gasteiger partial charge in [-0.1, -0.05) is 175 Å². The van der Waals surface area contributed by atoms with Crippen LogP contribution < -0.4 is 0 Å². The van der Waals surface area contributed by atoms with E-state index in [1.807, 2.05) is 0 Å². The van der Waals surface area contributed by atoms with E-state index >= 15 is 0 Å². The number of nitrogens with zero attached hydrogens (tertiary/aromatic N) is 2. The van der Waals surface area contributed by atoms with Gasteiger partial charge in [0.2, 0.25) is 0 Å². The smallest absolute Gasteiger partial charge is 0.291 e. The molecule has 0 atom stereocenters. The van der Waals surface area contributed by atoms with Gasteiger partial charge in [-0.25, -0.2) is 0 Å². The van der Waals surface area contributed by atoms with Crippen LogP contribution in [0.4, 0.5) is 0 Å². The Bertz CT molecular complexity index is 406. The molecule has 0 aliphatic heterocycles. The first-order valence-electron chi connectivity index (χ1n) is 17.1. The first-order chi connectivity index (χ1) is 18.6. The Kier molecular flexibility index (Phi) is 37.4. The first kappa shape index (κ1) is 39.3. The molecule has 230 valence electrons. The fraction of sp³-hybridized carbons (Fsp3) is 1.00. The van der Waals surface area contributed by atoms with Gasteiger partial charge in [0.15, 0.2) is 0 Å². The highest BCUT2D eigenvalue weighted by atomic mass is 16.9. The molecule has 0 aromatic carbocycles. The lowest BCUT2D eigenvalue weighted by Crippen LogP contribution is -2.27. The summed E-state index contributed by atoms with van der Waals surface area (Å²) in [7, 11) is 0. The summed E-state index contributed by atoms with van der Waals surface area (Å²) in [6.07, 6.45) is 39.1. The Morgan fingerprint density at radius 1 is 0.421 bits per heavy atom. The topological polar surface area (TPSA) is 66.6 Å².